The molecule has 1 fully saturated rings. The van der Waals surface area contributed by atoms with E-state index in [1.807, 2.05) is 24.0 Å². The average molecular weight is 387 g/mol. The Morgan fingerprint density at radius 1 is 1.24 bits per heavy atom. The van der Waals surface area contributed by atoms with Gasteiger partial charge in [-0.3, -0.25) is 9.78 Å². The number of rotatable bonds is 4. The van der Waals surface area contributed by atoms with Gasteiger partial charge in [-0.2, -0.15) is 4.52 Å². The van der Waals surface area contributed by atoms with Gasteiger partial charge in [0.05, 0.1) is 18.3 Å². The molecule has 0 N–H and O–H groups in total. The average Bonchev–Trinajstić information content (AvgIpc) is 3.44. The van der Waals surface area contributed by atoms with Crippen molar-refractivity contribution >= 4 is 22.5 Å². The second-order valence-electron chi connectivity index (χ2n) is 7.56. The number of benzene rings is 1. The van der Waals surface area contributed by atoms with Gasteiger partial charge < -0.3 is 4.90 Å². The van der Waals surface area contributed by atoms with Crippen LogP contribution in [0.1, 0.15) is 47.3 Å². The van der Waals surface area contributed by atoms with Crippen LogP contribution in [-0.4, -0.2) is 46.9 Å². The summed E-state index contributed by atoms with van der Waals surface area (Å²) >= 11 is 0. The molecule has 8 heteroatoms. The summed E-state index contributed by atoms with van der Waals surface area (Å²) in [7, 11) is 0. The molecule has 4 aromatic rings. The van der Waals surface area contributed by atoms with E-state index in [0.717, 1.165) is 47.7 Å². The van der Waals surface area contributed by atoms with Crippen molar-refractivity contribution in [1.82, 2.24) is 34.9 Å². The number of carbonyl (C=O) groups excluding carboxylic acids is 1. The first-order valence-electron chi connectivity index (χ1n) is 9.88. The third kappa shape index (κ3) is 3.10. The van der Waals surface area contributed by atoms with Gasteiger partial charge in [0.25, 0.3) is 5.91 Å². The van der Waals surface area contributed by atoms with Crippen molar-refractivity contribution in [2.45, 2.75) is 45.2 Å². The standard InChI is InChI=1S/C21H21N7O/c1-14-5-4-6-15-11-16(20-24-25-26-28(20)19(14)15)13-27(17-7-2-3-8-17)21(29)18-12-22-9-10-23-18/h4-6,9-12,17H,2-3,7-8,13H2,1H3. The Labute approximate surface area is 167 Å². The van der Waals surface area contributed by atoms with Crippen molar-refractivity contribution in [2.24, 2.45) is 0 Å². The molecule has 1 saturated carbocycles. The number of hydrogen-bond donors (Lipinski definition) is 0. The van der Waals surface area contributed by atoms with Crippen LogP contribution >= 0.6 is 0 Å². The molecule has 29 heavy (non-hydrogen) atoms. The molecule has 3 aromatic heterocycles. The Morgan fingerprint density at radius 3 is 2.90 bits per heavy atom. The van der Waals surface area contributed by atoms with Crippen LogP contribution in [0.3, 0.4) is 0 Å². The molecule has 1 amide bonds. The smallest absolute Gasteiger partial charge is 0.274 e. The van der Waals surface area contributed by atoms with Crippen molar-refractivity contribution in [3.8, 4) is 0 Å². The molecule has 0 radical (unpaired) electrons. The van der Waals surface area contributed by atoms with Gasteiger partial charge in [0.1, 0.15) is 5.69 Å². The van der Waals surface area contributed by atoms with E-state index in [1.54, 1.807) is 16.9 Å². The molecular weight excluding hydrogens is 366 g/mol. The molecule has 0 atom stereocenters. The zero-order chi connectivity index (χ0) is 19.8. The third-order valence-corrected chi connectivity index (χ3v) is 5.72. The van der Waals surface area contributed by atoms with E-state index in [9.17, 15) is 4.79 Å². The van der Waals surface area contributed by atoms with E-state index < -0.39 is 0 Å². The minimum Gasteiger partial charge on any atom is -0.330 e. The number of fused-ring (bicyclic) bond motifs is 3. The highest BCUT2D eigenvalue weighted by atomic mass is 16.2. The number of aryl methyl sites for hydroxylation is 1. The van der Waals surface area contributed by atoms with Gasteiger partial charge in [0.15, 0.2) is 5.65 Å². The fraction of sp³-hybridized carbons (Fsp3) is 0.333. The van der Waals surface area contributed by atoms with Crippen LogP contribution < -0.4 is 0 Å². The third-order valence-electron chi connectivity index (χ3n) is 5.72. The lowest BCUT2D eigenvalue weighted by Crippen LogP contribution is -2.39. The summed E-state index contributed by atoms with van der Waals surface area (Å²) in [6.07, 6.45) is 8.93. The maximum absolute atomic E-state index is 13.3. The Kier molecular flexibility index (Phi) is 4.38. The number of carbonyl (C=O) groups is 1. The van der Waals surface area contributed by atoms with Crippen molar-refractivity contribution in [2.75, 3.05) is 0 Å². The summed E-state index contributed by atoms with van der Waals surface area (Å²) in [4.78, 5) is 23.5. The quantitative estimate of drug-likeness (QED) is 0.535. The molecular formula is C21H21N7O. The first-order chi connectivity index (χ1) is 14.2. The number of tetrazole rings is 1. The minimum atomic E-state index is -0.0973. The van der Waals surface area contributed by atoms with Gasteiger partial charge in [-0.1, -0.05) is 31.0 Å². The van der Waals surface area contributed by atoms with Gasteiger partial charge in [-0.15, -0.1) is 5.10 Å². The molecule has 0 saturated heterocycles. The summed E-state index contributed by atoms with van der Waals surface area (Å²) in [5.41, 5.74) is 4.07. The maximum Gasteiger partial charge on any atom is 0.274 e. The van der Waals surface area contributed by atoms with Crippen molar-refractivity contribution in [1.29, 1.82) is 0 Å². The van der Waals surface area contributed by atoms with Gasteiger partial charge >= 0.3 is 0 Å². The van der Waals surface area contributed by atoms with Gasteiger partial charge in [0.2, 0.25) is 0 Å². The van der Waals surface area contributed by atoms with E-state index >= 15 is 0 Å². The van der Waals surface area contributed by atoms with Crippen LogP contribution in [0.5, 0.6) is 0 Å². The molecule has 8 nitrogen and oxygen atoms in total. The lowest BCUT2D eigenvalue weighted by molar-refractivity contribution is 0.0658. The molecule has 0 spiro atoms. The first kappa shape index (κ1) is 17.7. The summed E-state index contributed by atoms with van der Waals surface area (Å²) in [5.74, 6) is -0.0973. The highest BCUT2D eigenvalue weighted by Crippen LogP contribution is 2.28. The van der Waals surface area contributed by atoms with Crippen LogP contribution in [0.25, 0.3) is 16.6 Å². The van der Waals surface area contributed by atoms with Crippen LogP contribution in [0.4, 0.5) is 0 Å². The lowest BCUT2D eigenvalue weighted by Gasteiger charge is -2.29. The number of hydrogen-bond acceptors (Lipinski definition) is 6. The van der Waals surface area contributed by atoms with Crippen molar-refractivity contribution in [3.63, 3.8) is 0 Å². The summed E-state index contributed by atoms with van der Waals surface area (Å²) < 4.78 is 1.78. The normalized spacial score (nSPS) is 14.7. The number of amides is 1. The zero-order valence-electron chi connectivity index (χ0n) is 16.2. The van der Waals surface area contributed by atoms with Crippen LogP contribution in [0.2, 0.25) is 0 Å². The van der Waals surface area contributed by atoms with Gasteiger partial charge in [-0.05, 0) is 41.8 Å². The van der Waals surface area contributed by atoms with E-state index in [2.05, 4.69) is 37.6 Å². The second-order valence-corrected chi connectivity index (χ2v) is 7.56. The molecule has 1 aliphatic rings. The van der Waals surface area contributed by atoms with E-state index in [-0.39, 0.29) is 11.9 Å². The highest BCUT2D eigenvalue weighted by molar-refractivity contribution is 5.92. The molecule has 0 unspecified atom stereocenters. The number of para-hydroxylation sites is 1. The molecule has 0 bridgehead atoms. The summed E-state index contributed by atoms with van der Waals surface area (Å²) in [6, 6.07) is 8.41. The topological polar surface area (TPSA) is 89.2 Å². The largest absolute Gasteiger partial charge is 0.330 e. The Hall–Kier alpha value is -3.42. The van der Waals surface area contributed by atoms with Gasteiger partial charge in [-0.25, -0.2) is 4.98 Å². The predicted molar refractivity (Wildman–Crippen MR) is 107 cm³/mol. The fourth-order valence-corrected chi connectivity index (χ4v) is 4.32. The van der Waals surface area contributed by atoms with Crippen molar-refractivity contribution < 1.29 is 4.79 Å². The minimum absolute atomic E-state index is 0.0973. The molecule has 0 aliphatic heterocycles. The Balaban J connectivity index is 1.60. The zero-order valence-corrected chi connectivity index (χ0v) is 16.2. The Bertz CT molecular complexity index is 1180. The summed E-state index contributed by atoms with van der Waals surface area (Å²) in [5, 5.41) is 13.4. The first-order valence-corrected chi connectivity index (χ1v) is 9.88. The number of aromatic nitrogens is 6. The lowest BCUT2D eigenvalue weighted by atomic mass is 10.1. The van der Waals surface area contributed by atoms with Crippen molar-refractivity contribution in [3.05, 3.63) is 59.7 Å². The Morgan fingerprint density at radius 2 is 2.10 bits per heavy atom. The van der Waals surface area contributed by atoms with Crippen LogP contribution in [0.15, 0.2) is 42.9 Å². The van der Waals surface area contributed by atoms with E-state index in [4.69, 9.17) is 0 Å². The maximum atomic E-state index is 13.3. The number of pyridine rings is 1. The second kappa shape index (κ2) is 7.20. The molecule has 1 aromatic carbocycles. The highest BCUT2D eigenvalue weighted by Gasteiger charge is 2.29. The van der Waals surface area contributed by atoms with E-state index in [1.165, 1.54) is 6.20 Å². The summed E-state index contributed by atoms with van der Waals surface area (Å²) in [6.45, 7) is 2.49. The van der Waals surface area contributed by atoms with Crippen LogP contribution in [0, 0.1) is 6.92 Å². The van der Waals surface area contributed by atoms with Crippen LogP contribution in [-0.2, 0) is 6.54 Å². The van der Waals surface area contributed by atoms with E-state index in [0.29, 0.717) is 17.9 Å². The predicted octanol–water partition coefficient (Wildman–Crippen LogP) is 2.96. The fourth-order valence-electron chi connectivity index (χ4n) is 4.32. The SMILES string of the molecule is Cc1cccc2cc(CN(C(=O)c3cnccn3)C3CCCC3)c3nnnn3c12. The molecule has 1 aliphatic carbocycles. The number of nitrogens with zero attached hydrogens (tertiary/aromatic N) is 7. The molecule has 3 heterocycles. The van der Waals surface area contributed by atoms with Gasteiger partial charge in [0, 0.05) is 29.4 Å². The molecule has 5 rings (SSSR count). The monoisotopic (exact) mass is 387 g/mol. The molecule has 146 valence electrons.